The van der Waals surface area contributed by atoms with Gasteiger partial charge in [-0.15, -0.1) is 0 Å². The minimum absolute atomic E-state index is 0.415. The van der Waals surface area contributed by atoms with Gasteiger partial charge in [0, 0.05) is 5.56 Å². The SMILES string of the molecule is O=C(O)c1cc(O)c2c(c1)C(=O)c1c(F)ccc(O)c1C2=O. The fourth-order valence-electron chi connectivity index (χ4n) is 2.45. The Hall–Kier alpha value is -3.22. The molecule has 0 radical (unpaired) electrons. The zero-order valence-electron chi connectivity index (χ0n) is 10.8. The third-order valence-electron chi connectivity index (χ3n) is 3.42. The molecule has 0 heterocycles. The van der Waals surface area contributed by atoms with Crippen LogP contribution in [0.1, 0.15) is 42.2 Å². The summed E-state index contributed by atoms with van der Waals surface area (Å²) in [5.74, 6) is -5.67. The monoisotopic (exact) mass is 302 g/mol. The number of carbonyl (C=O) groups is 3. The Labute approximate surface area is 122 Å². The molecule has 0 aromatic heterocycles. The second kappa shape index (κ2) is 4.39. The van der Waals surface area contributed by atoms with Crippen molar-refractivity contribution < 1.29 is 34.1 Å². The molecule has 1 aliphatic rings. The van der Waals surface area contributed by atoms with Crippen molar-refractivity contribution in [1.29, 1.82) is 0 Å². The molecule has 6 nitrogen and oxygen atoms in total. The minimum atomic E-state index is -1.42. The first-order chi connectivity index (χ1) is 10.3. The molecule has 2 aromatic rings. The number of phenols is 2. The molecule has 0 bridgehead atoms. The zero-order valence-corrected chi connectivity index (χ0v) is 10.8. The summed E-state index contributed by atoms with van der Waals surface area (Å²) < 4.78 is 13.9. The molecule has 22 heavy (non-hydrogen) atoms. The van der Waals surface area contributed by atoms with Crippen LogP contribution in [-0.4, -0.2) is 32.9 Å². The normalized spacial score (nSPS) is 12.8. The van der Waals surface area contributed by atoms with Gasteiger partial charge in [-0.2, -0.15) is 0 Å². The predicted octanol–water partition coefficient (Wildman–Crippen LogP) is 1.71. The molecule has 0 saturated carbocycles. The van der Waals surface area contributed by atoms with E-state index >= 15 is 0 Å². The highest BCUT2D eigenvalue weighted by Gasteiger charge is 2.37. The van der Waals surface area contributed by atoms with E-state index in [-0.39, 0.29) is 0 Å². The maximum atomic E-state index is 13.9. The highest BCUT2D eigenvalue weighted by molar-refractivity contribution is 6.30. The van der Waals surface area contributed by atoms with Gasteiger partial charge in [0.2, 0.25) is 5.78 Å². The number of benzene rings is 2. The molecule has 0 spiro atoms. The number of halogens is 1. The van der Waals surface area contributed by atoms with Gasteiger partial charge in [0.15, 0.2) is 5.78 Å². The molecular weight excluding hydrogens is 295 g/mol. The molecule has 0 unspecified atom stereocenters. The van der Waals surface area contributed by atoms with Crippen LogP contribution < -0.4 is 0 Å². The van der Waals surface area contributed by atoms with Crippen LogP contribution in [0, 0.1) is 5.82 Å². The molecule has 1 aliphatic carbocycles. The van der Waals surface area contributed by atoms with Crippen molar-refractivity contribution in [3.63, 3.8) is 0 Å². The Kier molecular flexibility index (Phi) is 2.74. The lowest BCUT2D eigenvalue weighted by molar-refractivity contribution is 0.0695. The number of hydrogen-bond acceptors (Lipinski definition) is 5. The molecule has 110 valence electrons. The molecule has 0 saturated heterocycles. The van der Waals surface area contributed by atoms with E-state index in [2.05, 4.69) is 0 Å². The van der Waals surface area contributed by atoms with Crippen molar-refractivity contribution in [3.8, 4) is 11.5 Å². The van der Waals surface area contributed by atoms with Gasteiger partial charge in [-0.3, -0.25) is 9.59 Å². The lowest BCUT2D eigenvalue weighted by Crippen LogP contribution is -2.23. The second-order valence-electron chi connectivity index (χ2n) is 4.70. The van der Waals surface area contributed by atoms with Crippen molar-refractivity contribution in [3.05, 3.63) is 57.9 Å². The van der Waals surface area contributed by atoms with Gasteiger partial charge in [-0.1, -0.05) is 0 Å². The molecular formula is C15H7FO6. The number of hydrogen-bond donors (Lipinski definition) is 3. The standard InChI is InChI=1S/C15H7FO6/c16-7-1-2-8(17)12-11(7)13(19)6-3-5(15(21)22)4-9(18)10(6)14(12)20/h1-4,17-18H,(H,21,22). The highest BCUT2D eigenvalue weighted by Crippen LogP contribution is 2.38. The Bertz CT molecular complexity index is 884. The minimum Gasteiger partial charge on any atom is -0.507 e. The van der Waals surface area contributed by atoms with E-state index in [9.17, 15) is 29.0 Å². The van der Waals surface area contributed by atoms with E-state index in [0.717, 1.165) is 24.3 Å². The van der Waals surface area contributed by atoms with Crippen molar-refractivity contribution in [2.45, 2.75) is 0 Å². The molecule has 0 amide bonds. The Balaban J connectivity index is 2.39. The number of ketones is 2. The van der Waals surface area contributed by atoms with E-state index < -0.39 is 62.7 Å². The van der Waals surface area contributed by atoms with Crippen LogP contribution in [-0.2, 0) is 0 Å². The maximum absolute atomic E-state index is 13.9. The molecule has 3 rings (SSSR count). The number of fused-ring (bicyclic) bond motifs is 2. The Morgan fingerprint density at radius 2 is 1.59 bits per heavy atom. The second-order valence-corrected chi connectivity index (χ2v) is 4.70. The van der Waals surface area contributed by atoms with Crippen LogP contribution >= 0.6 is 0 Å². The molecule has 7 heteroatoms. The summed E-state index contributed by atoms with van der Waals surface area (Å²) in [7, 11) is 0. The fourth-order valence-corrected chi connectivity index (χ4v) is 2.45. The number of carboxylic acid groups (broad SMARTS) is 1. The topological polar surface area (TPSA) is 112 Å². The molecule has 3 N–H and O–H groups in total. The predicted molar refractivity (Wildman–Crippen MR) is 70.0 cm³/mol. The first-order valence-corrected chi connectivity index (χ1v) is 6.04. The van der Waals surface area contributed by atoms with Gasteiger partial charge in [0.1, 0.15) is 17.3 Å². The van der Waals surface area contributed by atoms with Crippen LogP contribution in [0.4, 0.5) is 4.39 Å². The van der Waals surface area contributed by atoms with Crippen LogP contribution in [0.2, 0.25) is 0 Å². The fraction of sp³-hybridized carbons (Fsp3) is 0. The van der Waals surface area contributed by atoms with E-state index in [1.165, 1.54) is 0 Å². The number of aromatic carboxylic acids is 1. The quantitative estimate of drug-likeness (QED) is 0.631. The summed E-state index contributed by atoms with van der Waals surface area (Å²) in [6.07, 6.45) is 0. The van der Waals surface area contributed by atoms with E-state index in [1.807, 2.05) is 0 Å². The molecule has 0 aliphatic heterocycles. The van der Waals surface area contributed by atoms with Gasteiger partial charge in [-0.25, -0.2) is 9.18 Å². The van der Waals surface area contributed by atoms with Crippen molar-refractivity contribution >= 4 is 17.5 Å². The first-order valence-electron chi connectivity index (χ1n) is 6.04. The summed E-state index contributed by atoms with van der Waals surface area (Å²) in [5, 5.41) is 28.5. The van der Waals surface area contributed by atoms with Crippen LogP contribution in [0.25, 0.3) is 0 Å². The summed E-state index contributed by atoms with van der Waals surface area (Å²) >= 11 is 0. The van der Waals surface area contributed by atoms with Crippen LogP contribution in [0.3, 0.4) is 0 Å². The van der Waals surface area contributed by atoms with Crippen LogP contribution in [0.15, 0.2) is 24.3 Å². The van der Waals surface area contributed by atoms with Crippen LogP contribution in [0.5, 0.6) is 11.5 Å². The molecule has 0 atom stereocenters. The maximum Gasteiger partial charge on any atom is 0.335 e. The Morgan fingerprint density at radius 3 is 2.23 bits per heavy atom. The number of phenolic OH excluding ortho intramolecular Hbond substituents is 2. The van der Waals surface area contributed by atoms with Crippen molar-refractivity contribution in [1.82, 2.24) is 0 Å². The number of rotatable bonds is 1. The Morgan fingerprint density at radius 1 is 0.909 bits per heavy atom. The largest absolute Gasteiger partial charge is 0.507 e. The average Bonchev–Trinajstić information content (AvgIpc) is 2.46. The zero-order chi connectivity index (χ0) is 16.2. The summed E-state index contributed by atoms with van der Waals surface area (Å²) in [5.41, 5.74) is -2.47. The summed E-state index contributed by atoms with van der Waals surface area (Å²) in [6.45, 7) is 0. The molecule has 0 fully saturated rings. The van der Waals surface area contributed by atoms with Gasteiger partial charge in [0.05, 0.1) is 22.3 Å². The van der Waals surface area contributed by atoms with Gasteiger partial charge in [0.25, 0.3) is 0 Å². The van der Waals surface area contributed by atoms with Gasteiger partial charge < -0.3 is 15.3 Å². The van der Waals surface area contributed by atoms with E-state index in [4.69, 9.17) is 5.11 Å². The van der Waals surface area contributed by atoms with Crippen molar-refractivity contribution in [2.75, 3.05) is 0 Å². The third kappa shape index (κ3) is 1.69. The third-order valence-corrected chi connectivity index (χ3v) is 3.42. The van der Waals surface area contributed by atoms with Gasteiger partial charge in [-0.05, 0) is 24.3 Å². The van der Waals surface area contributed by atoms with E-state index in [0.29, 0.717) is 0 Å². The molecule has 2 aromatic carbocycles. The smallest absolute Gasteiger partial charge is 0.335 e. The number of carbonyl (C=O) groups excluding carboxylic acids is 2. The number of carboxylic acids is 1. The number of aromatic hydroxyl groups is 2. The lowest BCUT2D eigenvalue weighted by Gasteiger charge is -2.20. The summed E-state index contributed by atoms with van der Waals surface area (Å²) in [4.78, 5) is 35.7. The van der Waals surface area contributed by atoms with Gasteiger partial charge >= 0.3 is 5.97 Å². The first kappa shape index (κ1) is 13.7. The van der Waals surface area contributed by atoms with E-state index in [1.54, 1.807) is 0 Å². The summed E-state index contributed by atoms with van der Waals surface area (Å²) in [6, 6.07) is 3.45. The lowest BCUT2D eigenvalue weighted by atomic mass is 9.82. The van der Waals surface area contributed by atoms with Crippen molar-refractivity contribution in [2.24, 2.45) is 0 Å². The highest BCUT2D eigenvalue weighted by atomic mass is 19.1. The average molecular weight is 302 g/mol.